The third-order valence-electron chi connectivity index (χ3n) is 4.69. The molecule has 0 aromatic heterocycles. The van der Waals surface area contributed by atoms with Gasteiger partial charge in [-0.1, -0.05) is 12.1 Å². The first-order chi connectivity index (χ1) is 13.1. The maximum Gasteiger partial charge on any atom is 0.191 e. The van der Waals surface area contributed by atoms with Crippen molar-refractivity contribution in [2.75, 3.05) is 73.7 Å². The van der Waals surface area contributed by atoms with E-state index in [2.05, 4.69) is 53.6 Å². The van der Waals surface area contributed by atoms with E-state index in [1.165, 1.54) is 5.56 Å². The van der Waals surface area contributed by atoms with Crippen molar-refractivity contribution in [1.82, 2.24) is 20.4 Å². The summed E-state index contributed by atoms with van der Waals surface area (Å²) >= 11 is 0. The Morgan fingerprint density at radius 1 is 1.29 bits per heavy atom. The number of rotatable bonds is 9. The Morgan fingerprint density at radius 3 is 2.68 bits per heavy atom. The van der Waals surface area contributed by atoms with Crippen LogP contribution in [-0.2, 0) is 4.74 Å². The Kier molecular flexibility index (Phi) is 12.4. The second-order valence-corrected chi connectivity index (χ2v) is 6.86. The number of hydrogen-bond acceptors (Lipinski definition) is 5. The van der Waals surface area contributed by atoms with Crippen LogP contribution in [0.5, 0.6) is 5.75 Å². The van der Waals surface area contributed by atoms with E-state index in [0.29, 0.717) is 6.54 Å². The number of halogens is 1. The van der Waals surface area contributed by atoms with Crippen molar-refractivity contribution >= 4 is 29.9 Å². The molecule has 160 valence electrons. The first-order valence-corrected chi connectivity index (χ1v) is 9.76. The molecule has 0 bridgehead atoms. The summed E-state index contributed by atoms with van der Waals surface area (Å²) in [6, 6.07) is 8.40. The normalized spacial score (nSPS) is 16.4. The van der Waals surface area contributed by atoms with Crippen LogP contribution in [0.3, 0.4) is 0 Å². The van der Waals surface area contributed by atoms with Crippen LogP contribution >= 0.6 is 24.0 Å². The van der Waals surface area contributed by atoms with Gasteiger partial charge < -0.3 is 25.0 Å². The van der Waals surface area contributed by atoms with E-state index in [0.717, 1.165) is 57.6 Å². The van der Waals surface area contributed by atoms with Gasteiger partial charge in [0.1, 0.15) is 5.75 Å². The zero-order chi connectivity index (χ0) is 19.5. The molecule has 1 aromatic carbocycles. The van der Waals surface area contributed by atoms with Gasteiger partial charge in [0.15, 0.2) is 5.96 Å². The number of hydrogen-bond donors (Lipinski definition) is 2. The molecule has 1 atom stereocenters. The molecule has 0 saturated carbocycles. The molecule has 1 fully saturated rings. The number of nitrogens with zero attached hydrogens (tertiary/aromatic N) is 3. The van der Waals surface area contributed by atoms with E-state index in [9.17, 15) is 0 Å². The van der Waals surface area contributed by atoms with Crippen molar-refractivity contribution in [3.8, 4) is 5.75 Å². The standard InChI is InChI=1S/C20H35N5O2.HI/c1-5-21-20(22-9-10-25-11-13-27-14-12-25)23-16-19(24(2)3)17-7-6-8-18(15-17)26-4;/h6-8,15,19H,5,9-14,16H2,1-4H3,(H2,21,22,23);1H. The summed E-state index contributed by atoms with van der Waals surface area (Å²) in [4.78, 5) is 9.42. The maximum atomic E-state index is 5.40. The van der Waals surface area contributed by atoms with Gasteiger partial charge in [-0.2, -0.15) is 0 Å². The van der Waals surface area contributed by atoms with Crippen LogP contribution in [0.25, 0.3) is 0 Å². The lowest BCUT2D eigenvalue weighted by Gasteiger charge is -2.27. The molecule has 28 heavy (non-hydrogen) atoms. The Morgan fingerprint density at radius 2 is 2.04 bits per heavy atom. The molecule has 0 aliphatic carbocycles. The van der Waals surface area contributed by atoms with E-state index < -0.39 is 0 Å². The zero-order valence-corrected chi connectivity index (χ0v) is 19.9. The van der Waals surface area contributed by atoms with Crippen molar-refractivity contribution in [2.45, 2.75) is 13.0 Å². The minimum absolute atomic E-state index is 0. The first kappa shape index (κ1) is 24.9. The number of ether oxygens (including phenoxy) is 2. The SMILES string of the molecule is CCNC(=NCC(c1cccc(OC)c1)N(C)C)NCCN1CCOCC1.I. The van der Waals surface area contributed by atoms with Crippen LogP contribution in [0.1, 0.15) is 18.5 Å². The third kappa shape index (κ3) is 8.50. The van der Waals surface area contributed by atoms with Gasteiger partial charge in [-0.05, 0) is 38.7 Å². The fourth-order valence-corrected chi connectivity index (χ4v) is 3.09. The summed E-state index contributed by atoms with van der Waals surface area (Å²) in [5.74, 6) is 1.74. The molecule has 2 rings (SSSR count). The number of methoxy groups -OCH3 is 1. The minimum atomic E-state index is 0. The van der Waals surface area contributed by atoms with Gasteiger partial charge in [0.2, 0.25) is 0 Å². The van der Waals surface area contributed by atoms with E-state index in [1.807, 2.05) is 12.1 Å². The minimum Gasteiger partial charge on any atom is -0.497 e. The fourth-order valence-electron chi connectivity index (χ4n) is 3.09. The average molecular weight is 505 g/mol. The van der Waals surface area contributed by atoms with Crippen LogP contribution in [-0.4, -0.2) is 89.4 Å². The third-order valence-corrected chi connectivity index (χ3v) is 4.69. The van der Waals surface area contributed by atoms with Crippen LogP contribution in [0.2, 0.25) is 0 Å². The molecule has 0 amide bonds. The molecule has 1 aromatic rings. The molecular formula is C20H36IN5O2. The lowest BCUT2D eigenvalue weighted by molar-refractivity contribution is 0.0389. The van der Waals surface area contributed by atoms with Crippen molar-refractivity contribution in [3.63, 3.8) is 0 Å². The Labute approximate surface area is 186 Å². The predicted octanol–water partition coefficient (Wildman–Crippen LogP) is 1.80. The van der Waals surface area contributed by atoms with Crippen molar-refractivity contribution in [3.05, 3.63) is 29.8 Å². The summed E-state index contributed by atoms with van der Waals surface area (Å²) in [7, 11) is 5.86. The largest absolute Gasteiger partial charge is 0.497 e. The Hall–Kier alpha value is -1.10. The van der Waals surface area contributed by atoms with Crippen LogP contribution < -0.4 is 15.4 Å². The average Bonchev–Trinajstić information content (AvgIpc) is 2.69. The molecule has 7 nitrogen and oxygen atoms in total. The molecule has 1 heterocycles. The highest BCUT2D eigenvalue weighted by molar-refractivity contribution is 14.0. The second kappa shape index (κ2) is 14.0. The summed E-state index contributed by atoms with van der Waals surface area (Å²) in [5.41, 5.74) is 1.20. The topological polar surface area (TPSA) is 61.4 Å². The summed E-state index contributed by atoms with van der Waals surface area (Å²) in [5, 5.41) is 6.79. The lowest BCUT2D eigenvalue weighted by atomic mass is 10.1. The number of benzene rings is 1. The van der Waals surface area contributed by atoms with Gasteiger partial charge >= 0.3 is 0 Å². The molecule has 8 heteroatoms. The van der Waals surface area contributed by atoms with Crippen molar-refractivity contribution < 1.29 is 9.47 Å². The fraction of sp³-hybridized carbons (Fsp3) is 0.650. The molecule has 2 N–H and O–H groups in total. The molecule has 0 radical (unpaired) electrons. The van der Waals surface area contributed by atoms with E-state index in [4.69, 9.17) is 14.5 Å². The molecule has 1 unspecified atom stereocenters. The zero-order valence-electron chi connectivity index (χ0n) is 17.6. The molecule has 1 aliphatic rings. The number of nitrogens with one attached hydrogen (secondary N) is 2. The van der Waals surface area contributed by atoms with E-state index >= 15 is 0 Å². The summed E-state index contributed by atoms with van der Waals surface area (Å²) in [6.07, 6.45) is 0. The maximum absolute atomic E-state index is 5.40. The number of aliphatic imine (C=N–C) groups is 1. The summed E-state index contributed by atoms with van der Waals surface area (Å²) < 4.78 is 10.8. The van der Waals surface area contributed by atoms with Crippen LogP contribution in [0.15, 0.2) is 29.3 Å². The van der Waals surface area contributed by atoms with Crippen molar-refractivity contribution in [1.29, 1.82) is 0 Å². The molecule has 0 spiro atoms. The van der Waals surface area contributed by atoms with Gasteiger partial charge in [0.25, 0.3) is 0 Å². The van der Waals surface area contributed by atoms with E-state index in [1.54, 1.807) is 7.11 Å². The van der Waals surface area contributed by atoms with Gasteiger partial charge in [-0.25, -0.2) is 0 Å². The first-order valence-electron chi connectivity index (χ1n) is 9.76. The number of likely N-dealkylation sites (N-methyl/N-ethyl adjacent to an activating group) is 1. The van der Waals surface area contributed by atoms with E-state index in [-0.39, 0.29) is 30.0 Å². The molecular weight excluding hydrogens is 469 g/mol. The van der Waals surface area contributed by atoms with Crippen LogP contribution in [0.4, 0.5) is 0 Å². The summed E-state index contributed by atoms with van der Waals surface area (Å²) in [6.45, 7) is 9.16. The monoisotopic (exact) mass is 505 g/mol. The highest BCUT2D eigenvalue weighted by Crippen LogP contribution is 2.22. The quantitative estimate of drug-likeness (QED) is 0.303. The second-order valence-electron chi connectivity index (χ2n) is 6.86. The van der Waals surface area contributed by atoms with Crippen LogP contribution in [0, 0.1) is 0 Å². The Bertz CT molecular complexity index is 579. The van der Waals surface area contributed by atoms with Gasteiger partial charge in [0.05, 0.1) is 32.9 Å². The molecule has 1 saturated heterocycles. The van der Waals surface area contributed by atoms with Gasteiger partial charge in [0, 0.05) is 32.7 Å². The highest BCUT2D eigenvalue weighted by Gasteiger charge is 2.15. The van der Waals surface area contributed by atoms with Gasteiger partial charge in [-0.15, -0.1) is 24.0 Å². The Balaban J connectivity index is 0.00000392. The van der Waals surface area contributed by atoms with Crippen molar-refractivity contribution in [2.24, 2.45) is 4.99 Å². The number of guanidine groups is 1. The van der Waals surface area contributed by atoms with Gasteiger partial charge in [-0.3, -0.25) is 9.89 Å². The lowest BCUT2D eigenvalue weighted by Crippen LogP contribution is -2.44. The molecule has 1 aliphatic heterocycles. The highest BCUT2D eigenvalue weighted by atomic mass is 127. The smallest absolute Gasteiger partial charge is 0.191 e. The predicted molar refractivity (Wildman–Crippen MR) is 126 cm³/mol. The number of morpholine rings is 1.